The quantitative estimate of drug-likeness (QED) is 0.539. The van der Waals surface area contributed by atoms with Crippen LogP contribution in [0.4, 0.5) is 11.5 Å². The molecule has 1 unspecified atom stereocenters. The van der Waals surface area contributed by atoms with Crippen molar-refractivity contribution < 1.29 is 4.74 Å². The minimum absolute atomic E-state index is 0.433. The van der Waals surface area contributed by atoms with E-state index >= 15 is 0 Å². The highest BCUT2D eigenvalue weighted by Gasteiger charge is 2.30. The summed E-state index contributed by atoms with van der Waals surface area (Å²) in [7, 11) is 4.22. The number of rotatable bonds is 6. The van der Waals surface area contributed by atoms with Crippen LogP contribution < -0.4 is 19.9 Å². The highest BCUT2D eigenvalue weighted by atomic mass is 35.5. The largest absolute Gasteiger partial charge is 0.462 e. The van der Waals surface area contributed by atoms with Gasteiger partial charge in [-0.15, -0.1) is 0 Å². The summed E-state index contributed by atoms with van der Waals surface area (Å²) < 4.78 is 6.26. The van der Waals surface area contributed by atoms with E-state index in [-0.39, 0.29) is 0 Å². The molecule has 3 aliphatic rings. The second-order valence-corrected chi connectivity index (χ2v) is 10.8. The summed E-state index contributed by atoms with van der Waals surface area (Å²) in [5.41, 5.74) is 3.49. The van der Waals surface area contributed by atoms with E-state index in [4.69, 9.17) is 26.3 Å². The number of hydrogen-bond donors (Lipinski definition) is 1. The second kappa shape index (κ2) is 10.0. The summed E-state index contributed by atoms with van der Waals surface area (Å²) in [6, 6.07) is 14.0. The monoisotopic (exact) mass is 506 g/mol. The molecule has 8 heteroatoms. The van der Waals surface area contributed by atoms with Gasteiger partial charge in [-0.1, -0.05) is 35.9 Å². The molecule has 6 rings (SSSR count). The topological polar surface area (TPSA) is 56.8 Å². The normalized spacial score (nSPS) is 22.4. The van der Waals surface area contributed by atoms with Gasteiger partial charge in [0, 0.05) is 48.4 Å². The number of fused-ring (bicyclic) bond motifs is 2. The number of nitrogens with one attached hydrogen (secondary N) is 1. The molecule has 3 aliphatic heterocycles. The Hall–Kier alpha value is -2.61. The molecule has 0 bridgehead atoms. The average molecular weight is 507 g/mol. The minimum atomic E-state index is 0.433. The molecule has 0 radical (unpaired) electrons. The molecule has 0 saturated carbocycles. The molecule has 1 aromatic heterocycles. The molecule has 3 aromatic rings. The summed E-state index contributed by atoms with van der Waals surface area (Å²) in [6.07, 6.45) is 4.42. The van der Waals surface area contributed by atoms with E-state index < -0.39 is 0 Å². The van der Waals surface area contributed by atoms with Gasteiger partial charge in [0.1, 0.15) is 12.4 Å². The van der Waals surface area contributed by atoms with Gasteiger partial charge in [0.25, 0.3) is 0 Å². The van der Waals surface area contributed by atoms with Crippen LogP contribution in [-0.2, 0) is 13.0 Å². The molecular formula is C28H35ClN6O. The highest BCUT2D eigenvalue weighted by Crippen LogP contribution is 2.37. The number of likely N-dealkylation sites (tertiary alicyclic amines) is 1. The maximum Gasteiger partial charge on any atom is 0.318 e. The molecule has 2 fully saturated rings. The zero-order valence-electron chi connectivity index (χ0n) is 21.2. The van der Waals surface area contributed by atoms with Crippen LogP contribution in [0.5, 0.6) is 6.01 Å². The number of anilines is 2. The molecule has 190 valence electrons. The molecule has 0 aliphatic carbocycles. The molecule has 1 N–H and O–H groups in total. The SMILES string of the molecule is CNC1CCN(c2nc(OC[C@@H]3CCCN3C)nc3c2CCN(c2cccc4cccc(Cl)c24)C3)C1. The average Bonchev–Trinajstić information content (AvgIpc) is 3.55. The minimum Gasteiger partial charge on any atom is -0.462 e. The molecule has 2 saturated heterocycles. The summed E-state index contributed by atoms with van der Waals surface area (Å²) in [5.74, 6) is 1.06. The van der Waals surface area contributed by atoms with Crippen molar-refractivity contribution in [3.05, 3.63) is 52.7 Å². The lowest BCUT2D eigenvalue weighted by Crippen LogP contribution is -2.35. The van der Waals surface area contributed by atoms with Crippen molar-refractivity contribution >= 4 is 33.9 Å². The smallest absolute Gasteiger partial charge is 0.318 e. The van der Waals surface area contributed by atoms with Gasteiger partial charge < -0.3 is 24.8 Å². The Bertz CT molecular complexity index is 1250. The zero-order chi connectivity index (χ0) is 24.6. The van der Waals surface area contributed by atoms with E-state index in [1.54, 1.807) is 0 Å². The maximum atomic E-state index is 6.67. The fourth-order valence-electron chi connectivity index (χ4n) is 6.01. The van der Waals surface area contributed by atoms with E-state index in [1.165, 1.54) is 18.4 Å². The van der Waals surface area contributed by atoms with Crippen LogP contribution in [0.3, 0.4) is 0 Å². The van der Waals surface area contributed by atoms with Crippen LogP contribution in [0.1, 0.15) is 30.5 Å². The number of halogens is 1. The summed E-state index contributed by atoms with van der Waals surface area (Å²) in [4.78, 5) is 17.2. The predicted molar refractivity (Wildman–Crippen MR) is 147 cm³/mol. The van der Waals surface area contributed by atoms with Crippen molar-refractivity contribution in [3.63, 3.8) is 0 Å². The number of benzene rings is 2. The van der Waals surface area contributed by atoms with Gasteiger partial charge in [0.2, 0.25) is 0 Å². The van der Waals surface area contributed by atoms with Crippen LogP contribution in [0.25, 0.3) is 10.8 Å². The first-order valence-corrected chi connectivity index (χ1v) is 13.6. The molecule has 2 atom stereocenters. The van der Waals surface area contributed by atoms with Crippen LogP contribution in [0, 0.1) is 0 Å². The predicted octanol–water partition coefficient (Wildman–Crippen LogP) is 4.12. The van der Waals surface area contributed by atoms with E-state index in [0.29, 0.717) is 24.7 Å². The third kappa shape index (κ3) is 4.49. The van der Waals surface area contributed by atoms with Crippen molar-refractivity contribution in [1.82, 2.24) is 20.2 Å². The van der Waals surface area contributed by atoms with Gasteiger partial charge in [0.15, 0.2) is 0 Å². The third-order valence-corrected chi connectivity index (χ3v) is 8.48. The van der Waals surface area contributed by atoms with Crippen LogP contribution in [-0.4, -0.2) is 73.8 Å². The second-order valence-electron chi connectivity index (χ2n) is 10.3. The van der Waals surface area contributed by atoms with Crippen molar-refractivity contribution in [2.24, 2.45) is 0 Å². The number of nitrogens with zero attached hydrogens (tertiary/aromatic N) is 5. The first kappa shape index (κ1) is 23.8. The Morgan fingerprint density at radius 1 is 1.06 bits per heavy atom. The molecule has 0 amide bonds. The Labute approximate surface area is 218 Å². The van der Waals surface area contributed by atoms with Crippen molar-refractivity contribution in [2.75, 3.05) is 56.7 Å². The number of aromatic nitrogens is 2. The Morgan fingerprint density at radius 3 is 2.69 bits per heavy atom. The van der Waals surface area contributed by atoms with E-state index in [0.717, 1.165) is 78.6 Å². The van der Waals surface area contributed by atoms with E-state index in [2.05, 4.69) is 51.3 Å². The summed E-state index contributed by atoms with van der Waals surface area (Å²) in [5, 5.41) is 6.49. The standard InChI is InChI=1S/C28H35ClN6O/c1-30-20-11-14-35(16-20)27-22-12-15-34(25-10-4-7-19-6-3-9-23(29)26(19)25)17-24(22)31-28(32-27)36-18-21-8-5-13-33(21)2/h3-4,6-7,9-10,20-21,30H,5,8,11-18H2,1-2H3/t20?,21-/m0/s1. The third-order valence-electron chi connectivity index (χ3n) is 8.17. The van der Waals surface area contributed by atoms with Gasteiger partial charge in [-0.2, -0.15) is 9.97 Å². The van der Waals surface area contributed by atoms with E-state index in [1.807, 2.05) is 19.2 Å². The van der Waals surface area contributed by atoms with Gasteiger partial charge in [0.05, 0.1) is 17.3 Å². The van der Waals surface area contributed by atoms with Crippen molar-refractivity contribution in [1.29, 1.82) is 0 Å². The fourth-order valence-corrected chi connectivity index (χ4v) is 6.29. The van der Waals surface area contributed by atoms with Gasteiger partial charge in [-0.05, 0) is 63.8 Å². The van der Waals surface area contributed by atoms with Gasteiger partial charge in [-0.25, -0.2) is 0 Å². The molecule has 36 heavy (non-hydrogen) atoms. The Kier molecular flexibility index (Phi) is 6.63. The number of ether oxygens (including phenoxy) is 1. The number of likely N-dealkylation sites (N-methyl/N-ethyl adjacent to an activating group) is 2. The summed E-state index contributed by atoms with van der Waals surface area (Å²) in [6.45, 7) is 5.36. The van der Waals surface area contributed by atoms with Crippen LogP contribution in [0.15, 0.2) is 36.4 Å². The van der Waals surface area contributed by atoms with Crippen LogP contribution >= 0.6 is 11.6 Å². The van der Waals surface area contributed by atoms with Crippen molar-refractivity contribution in [2.45, 2.75) is 44.3 Å². The molecule has 0 spiro atoms. The summed E-state index contributed by atoms with van der Waals surface area (Å²) >= 11 is 6.67. The lowest BCUT2D eigenvalue weighted by atomic mass is 10.0. The first-order chi connectivity index (χ1) is 17.6. The number of hydrogen-bond acceptors (Lipinski definition) is 7. The van der Waals surface area contributed by atoms with Gasteiger partial charge >= 0.3 is 6.01 Å². The molecule has 2 aromatic carbocycles. The Balaban J connectivity index is 1.33. The lowest BCUT2D eigenvalue weighted by Gasteiger charge is -2.33. The highest BCUT2D eigenvalue weighted by molar-refractivity contribution is 6.36. The zero-order valence-corrected chi connectivity index (χ0v) is 22.0. The van der Waals surface area contributed by atoms with Gasteiger partial charge in [-0.3, -0.25) is 0 Å². The van der Waals surface area contributed by atoms with E-state index in [9.17, 15) is 0 Å². The lowest BCUT2D eigenvalue weighted by molar-refractivity contribution is 0.187. The molecule has 4 heterocycles. The van der Waals surface area contributed by atoms with Crippen LogP contribution in [0.2, 0.25) is 5.02 Å². The molecule has 7 nitrogen and oxygen atoms in total. The van der Waals surface area contributed by atoms with Crippen molar-refractivity contribution in [3.8, 4) is 6.01 Å². The Morgan fingerprint density at radius 2 is 1.92 bits per heavy atom. The molecular weight excluding hydrogens is 472 g/mol. The maximum absolute atomic E-state index is 6.67. The fraction of sp³-hybridized carbons (Fsp3) is 0.500. The first-order valence-electron chi connectivity index (χ1n) is 13.2.